The van der Waals surface area contributed by atoms with Gasteiger partial charge in [-0.25, -0.2) is 0 Å². The third-order valence-corrected chi connectivity index (χ3v) is 5.82. The molecule has 0 saturated heterocycles. The van der Waals surface area contributed by atoms with Gasteiger partial charge in [0.1, 0.15) is 5.75 Å². The molecular formula is C25H30N2O. The minimum Gasteiger partial charge on any atom is -0.497 e. The van der Waals surface area contributed by atoms with Crippen molar-refractivity contribution in [2.24, 2.45) is 0 Å². The van der Waals surface area contributed by atoms with Crippen molar-refractivity contribution < 1.29 is 4.74 Å². The van der Waals surface area contributed by atoms with E-state index < -0.39 is 0 Å². The highest BCUT2D eigenvalue weighted by Crippen LogP contribution is 2.34. The number of rotatable bonds is 5. The first kappa shape index (κ1) is 18.8. The average Bonchev–Trinajstić information content (AvgIpc) is 3.10. The van der Waals surface area contributed by atoms with E-state index in [0.29, 0.717) is 5.92 Å². The molecule has 0 aliphatic carbocycles. The van der Waals surface area contributed by atoms with Gasteiger partial charge in [-0.3, -0.25) is 4.90 Å². The van der Waals surface area contributed by atoms with Crippen LogP contribution in [0.2, 0.25) is 0 Å². The number of hydrogen-bond acceptors (Lipinski definition) is 2. The Bertz CT molecular complexity index is 893. The molecule has 0 fully saturated rings. The second kappa shape index (κ2) is 8.24. The smallest absolute Gasteiger partial charge is 0.118 e. The molecule has 146 valence electrons. The maximum atomic E-state index is 5.32. The van der Waals surface area contributed by atoms with Crippen LogP contribution < -0.4 is 4.74 Å². The molecule has 1 aliphatic heterocycles. The van der Waals surface area contributed by atoms with Crippen LogP contribution in [0, 0.1) is 0 Å². The Kier molecular flexibility index (Phi) is 5.54. The lowest BCUT2D eigenvalue weighted by atomic mass is 9.96. The normalized spacial score (nSPS) is 17.4. The zero-order valence-corrected chi connectivity index (χ0v) is 17.1. The molecule has 4 rings (SSSR count). The van der Waals surface area contributed by atoms with Crippen molar-refractivity contribution in [2.45, 2.75) is 45.3 Å². The summed E-state index contributed by atoms with van der Waals surface area (Å²) in [7, 11) is 1.72. The summed E-state index contributed by atoms with van der Waals surface area (Å²) in [6, 6.07) is 22.5. The maximum absolute atomic E-state index is 5.32. The summed E-state index contributed by atoms with van der Waals surface area (Å²) in [5, 5.41) is 0. The molecule has 0 bridgehead atoms. The number of hydrogen-bond donors (Lipinski definition) is 0. The second-order valence-corrected chi connectivity index (χ2v) is 8.02. The van der Waals surface area contributed by atoms with Gasteiger partial charge >= 0.3 is 0 Å². The third kappa shape index (κ3) is 3.85. The summed E-state index contributed by atoms with van der Waals surface area (Å²) in [6.07, 6.45) is 3.39. The molecule has 0 spiro atoms. The molecule has 2 heterocycles. The van der Waals surface area contributed by atoms with Crippen molar-refractivity contribution in [3.63, 3.8) is 0 Å². The first-order valence-electron chi connectivity index (χ1n) is 10.3. The fourth-order valence-corrected chi connectivity index (χ4v) is 4.22. The first-order chi connectivity index (χ1) is 13.7. The van der Waals surface area contributed by atoms with Gasteiger partial charge in [-0.15, -0.1) is 0 Å². The Morgan fingerprint density at radius 2 is 1.71 bits per heavy atom. The van der Waals surface area contributed by atoms with Crippen LogP contribution in [0.5, 0.6) is 5.75 Å². The summed E-state index contributed by atoms with van der Waals surface area (Å²) in [5.74, 6) is 1.47. The second-order valence-electron chi connectivity index (χ2n) is 8.02. The fourth-order valence-electron chi connectivity index (χ4n) is 4.22. The van der Waals surface area contributed by atoms with E-state index in [0.717, 1.165) is 25.4 Å². The Labute approximate surface area is 168 Å². The van der Waals surface area contributed by atoms with Crippen LogP contribution in [-0.2, 0) is 13.1 Å². The van der Waals surface area contributed by atoms with Crippen LogP contribution in [0.15, 0.2) is 66.9 Å². The van der Waals surface area contributed by atoms with Crippen molar-refractivity contribution >= 4 is 0 Å². The lowest BCUT2D eigenvalue weighted by molar-refractivity contribution is 0.220. The monoisotopic (exact) mass is 374 g/mol. The van der Waals surface area contributed by atoms with Crippen molar-refractivity contribution in [1.29, 1.82) is 0 Å². The summed E-state index contributed by atoms with van der Waals surface area (Å²) < 4.78 is 7.74. The number of fused-ring (bicyclic) bond motifs is 1. The summed E-state index contributed by atoms with van der Waals surface area (Å²) >= 11 is 0. The first-order valence-corrected chi connectivity index (χ1v) is 10.3. The van der Waals surface area contributed by atoms with Gasteiger partial charge in [0.2, 0.25) is 0 Å². The van der Waals surface area contributed by atoms with Crippen LogP contribution in [0.25, 0.3) is 0 Å². The van der Waals surface area contributed by atoms with Gasteiger partial charge in [0.05, 0.1) is 13.2 Å². The van der Waals surface area contributed by atoms with Gasteiger partial charge in [0.15, 0.2) is 0 Å². The largest absolute Gasteiger partial charge is 0.497 e. The Morgan fingerprint density at radius 3 is 2.39 bits per heavy atom. The predicted molar refractivity (Wildman–Crippen MR) is 115 cm³/mol. The van der Waals surface area contributed by atoms with E-state index in [1.807, 2.05) is 0 Å². The van der Waals surface area contributed by atoms with E-state index in [1.54, 1.807) is 7.11 Å². The van der Waals surface area contributed by atoms with Gasteiger partial charge in [-0.05, 0) is 53.3 Å². The molecule has 3 heteroatoms. The number of methoxy groups -OCH3 is 1. The van der Waals surface area contributed by atoms with Crippen molar-refractivity contribution in [1.82, 2.24) is 9.47 Å². The summed E-state index contributed by atoms with van der Waals surface area (Å²) in [4.78, 5) is 2.62. The SMILES string of the molecule is COc1ccc(CN2CCCn3cccc3[C@H]2c2ccc(C(C)C)cc2)cc1. The fraction of sp³-hybridized carbons (Fsp3) is 0.360. The average molecular weight is 375 g/mol. The summed E-state index contributed by atoms with van der Waals surface area (Å²) in [5.41, 5.74) is 5.49. The highest BCUT2D eigenvalue weighted by Gasteiger charge is 2.27. The molecule has 0 N–H and O–H groups in total. The van der Waals surface area contributed by atoms with Gasteiger partial charge in [0.25, 0.3) is 0 Å². The molecule has 0 amide bonds. The van der Waals surface area contributed by atoms with Gasteiger partial charge < -0.3 is 9.30 Å². The molecule has 0 unspecified atom stereocenters. The number of nitrogens with zero attached hydrogens (tertiary/aromatic N) is 2. The standard InChI is InChI=1S/C25H30N2O/c1-19(2)21-9-11-22(12-10-21)25-24-6-4-15-26(24)16-5-17-27(25)18-20-7-13-23(28-3)14-8-20/h4,6-15,19,25H,5,16-18H2,1-3H3/t25-/m1/s1. The van der Waals surface area contributed by atoms with Gasteiger partial charge in [-0.2, -0.15) is 0 Å². The van der Waals surface area contributed by atoms with E-state index in [2.05, 4.69) is 90.2 Å². The lowest BCUT2D eigenvalue weighted by Crippen LogP contribution is -2.29. The quantitative estimate of drug-likeness (QED) is 0.577. The topological polar surface area (TPSA) is 17.4 Å². The van der Waals surface area contributed by atoms with Crippen LogP contribution in [0.3, 0.4) is 0 Å². The molecule has 1 aromatic heterocycles. The number of aromatic nitrogens is 1. The maximum Gasteiger partial charge on any atom is 0.118 e. The van der Waals surface area contributed by atoms with E-state index in [9.17, 15) is 0 Å². The van der Waals surface area contributed by atoms with Gasteiger partial charge in [-0.1, -0.05) is 50.2 Å². The Morgan fingerprint density at radius 1 is 0.964 bits per heavy atom. The van der Waals surface area contributed by atoms with E-state index >= 15 is 0 Å². The predicted octanol–water partition coefficient (Wildman–Crippen LogP) is 5.62. The summed E-state index contributed by atoms with van der Waals surface area (Å²) in [6.45, 7) is 7.61. The highest BCUT2D eigenvalue weighted by atomic mass is 16.5. The van der Waals surface area contributed by atoms with E-state index in [1.165, 1.54) is 28.8 Å². The van der Waals surface area contributed by atoms with Crippen LogP contribution in [0.1, 0.15) is 54.6 Å². The molecular weight excluding hydrogens is 344 g/mol. The molecule has 3 nitrogen and oxygen atoms in total. The molecule has 3 aromatic rings. The van der Waals surface area contributed by atoms with Gasteiger partial charge in [0, 0.05) is 31.5 Å². The minimum absolute atomic E-state index is 0.279. The number of aryl methyl sites for hydroxylation is 1. The number of ether oxygens (including phenoxy) is 1. The third-order valence-electron chi connectivity index (χ3n) is 5.82. The zero-order valence-electron chi connectivity index (χ0n) is 17.1. The lowest BCUT2D eigenvalue weighted by Gasteiger charge is -2.31. The van der Waals surface area contributed by atoms with Crippen molar-refractivity contribution in [3.05, 3.63) is 89.2 Å². The van der Waals surface area contributed by atoms with Crippen LogP contribution >= 0.6 is 0 Å². The molecule has 0 saturated carbocycles. The molecule has 1 aliphatic rings. The molecule has 0 radical (unpaired) electrons. The highest BCUT2D eigenvalue weighted by molar-refractivity contribution is 5.34. The molecule has 28 heavy (non-hydrogen) atoms. The van der Waals surface area contributed by atoms with E-state index in [-0.39, 0.29) is 6.04 Å². The number of benzene rings is 2. The van der Waals surface area contributed by atoms with Crippen LogP contribution in [0.4, 0.5) is 0 Å². The van der Waals surface area contributed by atoms with Crippen LogP contribution in [-0.4, -0.2) is 23.1 Å². The van der Waals surface area contributed by atoms with E-state index in [4.69, 9.17) is 4.74 Å². The molecule has 1 atom stereocenters. The van der Waals surface area contributed by atoms with Crippen molar-refractivity contribution in [3.8, 4) is 5.75 Å². The minimum atomic E-state index is 0.279. The molecule has 2 aromatic carbocycles. The Balaban J connectivity index is 1.68. The van der Waals surface area contributed by atoms with Crippen molar-refractivity contribution in [2.75, 3.05) is 13.7 Å². The Hall–Kier alpha value is -2.52. The zero-order chi connectivity index (χ0) is 19.5.